The van der Waals surface area contributed by atoms with Crippen LogP contribution >= 0.6 is 11.6 Å². The molecule has 1 aromatic carbocycles. The van der Waals surface area contributed by atoms with E-state index in [1.54, 1.807) is 24.3 Å². The number of esters is 1. The van der Waals surface area contributed by atoms with E-state index in [9.17, 15) is 19.2 Å². The maximum Gasteiger partial charge on any atom is 0.326 e. The number of urea groups is 1. The summed E-state index contributed by atoms with van der Waals surface area (Å²) in [7, 11) is 0. The molecule has 2 atom stereocenters. The minimum absolute atomic E-state index is 0.00359. The molecule has 0 unspecified atom stereocenters. The Bertz CT molecular complexity index is 797. The monoisotopic (exact) mass is 407 g/mol. The number of anilines is 1. The average molecular weight is 408 g/mol. The van der Waals surface area contributed by atoms with Gasteiger partial charge in [0.05, 0.1) is 0 Å². The lowest BCUT2D eigenvalue weighted by molar-refractivity contribution is -0.150. The van der Waals surface area contributed by atoms with E-state index in [1.807, 2.05) is 6.92 Å². The minimum atomic E-state index is -0.929. The second-order valence-electron chi connectivity index (χ2n) is 7.16. The number of amides is 4. The van der Waals surface area contributed by atoms with Crippen molar-refractivity contribution in [2.24, 2.45) is 5.92 Å². The van der Waals surface area contributed by atoms with Crippen molar-refractivity contribution in [1.29, 1.82) is 0 Å². The Kier molecular flexibility index (Phi) is 5.88. The Labute approximate surface area is 167 Å². The fraction of sp³-hybridized carbons (Fsp3) is 0.474. The first-order valence-electron chi connectivity index (χ1n) is 9.17. The zero-order valence-electron chi connectivity index (χ0n) is 15.5. The van der Waals surface area contributed by atoms with E-state index >= 15 is 0 Å². The second kappa shape index (κ2) is 8.18. The van der Waals surface area contributed by atoms with E-state index < -0.39 is 42.5 Å². The van der Waals surface area contributed by atoms with Gasteiger partial charge in [-0.3, -0.25) is 19.3 Å². The SMILES string of the molecule is C[C@@H]1CCCC[C@]12NC(=O)N(CC(=O)OCC(=O)Nc1ccc(Cl)cc1)C2=O. The summed E-state index contributed by atoms with van der Waals surface area (Å²) >= 11 is 5.77. The van der Waals surface area contributed by atoms with Crippen LogP contribution in [0.5, 0.6) is 0 Å². The maximum absolute atomic E-state index is 12.8. The third-order valence-electron chi connectivity index (χ3n) is 5.28. The fourth-order valence-corrected chi connectivity index (χ4v) is 3.82. The lowest BCUT2D eigenvalue weighted by atomic mass is 9.73. The van der Waals surface area contributed by atoms with Crippen LogP contribution < -0.4 is 10.6 Å². The van der Waals surface area contributed by atoms with Crippen LogP contribution in [0.1, 0.15) is 32.6 Å². The van der Waals surface area contributed by atoms with Gasteiger partial charge in [0.1, 0.15) is 12.1 Å². The first-order chi connectivity index (χ1) is 13.3. The molecule has 1 heterocycles. The molecule has 28 heavy (non-hydrogen) atoms. The van der Waals surface area contributed by atoms with Crippen LogP contribution in [0.15, 0.2) is 24.3 Å². The van der Waals surface area contributed by atoms with Crippen LogP contribution in [0.3, 0.4) is 0 Å². The van der Waals surface area contributed by atoms with Gasteiger partial charge < -0.3 is 15.4 Å². The molecule has 0 radical (unpaired) electrons. The number of benzene rings is 1. The van der Waals surface area contributed by atoms with Gasteiger partial charge in [0.15, 0.2) is 6.61 Å². The van der Waals surface area contributed by atoms with E-state index in [0.29, 0.717) is 17.1 Å². The van der Waals surface area contributed by atoms with Crippen molar-refractivity contribution < 1.29 is 23.9 Å². The molecule has 8 nitrogen and oxygen atoms in total. The van der Waals surface area contributed by atoms with Gasteiger partial charge in [-0.05, 0) is 43.0 Å². The molecule has 0 bridgehead atoms. The van der Waals surface area contributed by atoms with Crippen molar-refractivity contribution in [1.82, 2.24) is 10.2 Å². The third-order valence-corrected chi connectivity index (χ3v) is 5.53. The molecular formula is C19H22ClN3O5. The molecule has 3 rings (SSSR count). The number of rotatable bonds is 5. The number of halogens is 1. The predicted octanol–water partition coefficient (Wildman–Crippen LogP) is 2.32. The first-order valence-corrected chi connectivity index (χ1v) is 9.55. The normalized spacial score (nSPS) is 24.2. The molecule has 1 saturated heterocycles. The van der Waals surface area contributed by atoms with Crippen molar-refractivity contribution >= 4 is 41.1 Å². The summed E-state index contributed by atoms with van der Waals surface area (Å²) in [5, 5.41) is 5.85. The molecule has 1 saturated carbocycles. The van der Waals surface area contributed by atoms with Gasteiger partial charge in [-0.2, -0.15) is 0 Å². The number of nitrogens with zero attached hydrogens (tertiary/aromatic N) is 1. The predicted molar refractivity (Wildman–Crippen MR) is 102 cm³/mol. The average Bonchev–Trinajstić information content (AvgIpc) is 2.89. The van der Waals surface area contributed by atoms with Crippen molar-refractivity contribution in [3.05, 3.63) is 29.3 Å². The van der Waals surface area contributed by atoms with Crippen LogP contribution in [0.2, 0.25) is 5.02 Å². The van der Waals surface area contributed by atoms with Crippen molar-refractivity contribution in [2.75, 3.05) is 18.5 Å². The van der Waals surface area contributed by atoms with Crippen LogP contribution in [-0.4, -0.2) is 47.4 Å². The van der Waals surface area contributed by atoms with Crippen LogP contribution in [0, 0.1) is 5.92 Å². The standard InChI is InChI=1S/C19H22ClN3O5/c1-12-4-2-3-9-19(12)17(26)23(18(27)22-19)10-16(25)28-11-15(24)21-14-7-5-13(20)6-8-14/h5-8,12H,2-4,9-11H2,1H3,(H,21,24)(H,22,27)/t12-,19+/m1/s1. The van der Waals surface area contributed by atoms with Gasteiger partial charge in [0.2, 0.25) is 0 Å². The maximum atomic E-state index is 12.8. The van der Waals surface area contributed by atoms with Gasteiger partial charge in [-0.1, -0.05) is 31.4 Å². The molecular weight excluding hydrogens is 386 g/mol. The molecule has 9 heteroatoms. The summed E-state index contributed by atoms with van der Waals surface area (Å²) in [6.45, 7) is 0.889. The highest BCUT2D eigenvalue weighted by Crippen LogP contribution is 2.38. The van der Waals surface area contributed by atoms with E-state index in [0.717, 1.165) is 24.2 Å². The van der Waals surface area contributed by atoms with E-state index in [4.69, 9.17) is 16.3 Å². The number of nitrogens with one attached hydrogen (secondary N) is 2. The molecule has 1 aliphatic heterocycles. The first kappa shape index (κ1) is 20.1. The van der Waals surface area contributed by atoms with E-state index in [1.165, 1.54) is 0 Å². The van der Waals surface area contributed by atoms with Crippen LogP contribution in [-0.2, 0) is 19.1 Å². The van der Waals surface area contributed by atoms with Gasteiger partial charge in [0, 0.05) is 10.7 Å². The van der Waals surface area contributed by atoms with Gasteiger partial charge >= 0.3 is 12.0 Å². The zero-order chi connectivity index (χ0) is 20.3. The topological polar surface area (TPSA) is 105 Å². The van der Waals surface area contributed by atoms with Gasteiger partial charge in [0.25, 0.3) is 11.8 Å². The highest BCUT2D eigenvalue weighted by Gasteiger charge is 2.55. The minimum Gasteiger partial charge on any atom is -0.454 e. The lowest BCUT2D eigenvalue weighted by Gasteiger charge is -2.36. The molecule has 150 valence electrons. The number of hydrogen-bond acceptors (Lipinski definition) is 5. The van der Waals surface area contributed by atoms with E-state index in [2.05, 4.69) is 10.6 Å². The molecule has 1 aromatic rings. The summed E-state index contributed by atoms with van der Waals surface area (Å²) < 4.78 is 4.91. The zero-order valence-corrected chi connectivity index (χ0v) is 16.3. The Morgan fingerprint density at radius 2 is 2.00 bits per heavy atom. The summed E-state index contributed by atoms with van der Waals surface area (Å²) in [5.74, 6) is -1.75. The number of carbonyl (C=O) groups is 4. The van der Waals surface area contributed by atoms with Crippen LogP contribution in [0.25, 0.3) is 0 Å². The van der Waals surface area contributed by atoms with Crippen LogP contribution in [0.4, 0.5) is 10.5 Å². The Balaban J connectivity index is 1.51. The molecule has 2 N–H and O–H groups in total. The van der Waals surface area contributed by atoms with Gasteiger partial charge in [-0.15, -0.1) is 0 Å². The number of carbonyl (C=O) groups excluding carboxylic acids is 4. The summed E-state index contributed by atoms with van der Waals surface area (Å²) in [6, 6.07) is 5.85. The Hall–Kier alpha value is -2.61. The Morgan fingerprint density at radius 1 is 1.29 bits per heavy atom. The number of ether oxygens (including phenoxy) is 1. The number of hydrogen-bond donors (Lipinski definition) is 2. The largest absolute Gasteiger partial charge is 0.454 e. The smallest absolute Gasteiger partial charge is 0.326 e. The second-order valence-corrected chi connectivity index (χ2v) is 7.59. The summed E-state index contributed by atoms with van der Waals surface area (Å²) in [5.41, 5.74) is -0.422. The summed E-state index contributed by atoms with van der Waals surface area (Å²) in [6.07, 6.45) is 3.26. The lowest BCUT2D eigenvalue weighted by Crippen LogP contribution is -2.54. The summed E-state index contributed by atoms with van der Waals surface area (Å²) in [4.78, 5) is 49.8. The van der Waals surface area contributed by atoms with Crippen molar-refractivity contribution in [3.8, 4) is 0 Å². The van der Waals surface area contributed by atoms with Crippen molar-refractivity contribution in [2.45, 2.75) is 38.1 Å². The Morgan fingerprint density at radius 3 is 2.68 bits per heavy atom. The molecule has 0 aromatic heterocycles. The highest BCUT2D eigenvalue weighted by atomic mass is 35.5. The van der Waals surface area contributed by atoms with Crippen molar-refractivity contribution in [3.63, 3.8) is 0 Å². The molecule has 1 aliphatic carbocycles. The molecule has 2 fully saturated rings. The fourth-order valence-electron chi connectivity index (χ4n) is 3.69. The molecule has 2 aliphatic rings. The quantitative estimate of drug-likeness (QED) is 0.575. The van der Waals surface area contributed by atoms with Gasteiger partial charge in [-0.25, -0.2) is 4.79 Å². The molecule has 1 spiro atoms. The third kappa shape index (κ3) is 4.11. The van der Waals surface area contributed by atoms with E-state index in [-0.39, 0.29) is 5.92 Å². The molecule has 4 amide bonds. The highest BCUT2D eigenvalue weighted by molar-refractivity contribution is 6.30. The number of imide groups is 1.